The van der Waals surface area contributed by atoms with Crippen LogP contribution in [0.25, 0.3) is 0 Å². The molecular weight excluding hydrogens is 410 g/mol. The van der Waals surface area contributed by atoms with Gasteiger partial charge in [0.1, 0.15) is 5.02 Å². The van der Waals surface area contributed by atoms with E-state index in [1.807, 2.05) is 0 Å². The van der Waals surface area contributed by atoms with Gasteiger partial charge in [-0.05, 0) is 30.8 Å². The molecular formula is C21H32ClN3O3S. The molecule has 0 saturated carbocycles. The molecule has 0 radical (unpaired) electrons. The van der Waals surface area contributed by atoms with Gasteiger partial charge in [0.2, 0.25) is 5.91 Å². The van der Waals surface area contributed by atoms with Gasteiger partial charge in [0.05, 0.1) is 4.92 Å². The highest BCUT2D eigenvalue weighted by Crippen LogP contribution is 2.27. The van der Waals surface area contributed by atoms with E-state index in [-0.39, 0.29) is 21.7 Å². The molecule has 29 heavy (non-hydrogen) atoms. The predicted octanol–water partition coefficient (Wildman–Crippen LogP) is 6.76. The number of unbranched alkanes of at least 4 members (excludes halogenated alkanes) is 10. The fourth-order valence-electron chi connectivity index (χ4n) is 3.03. The van der Waals surface area contributed by atoms with Gasteiger partial charge in [0, 0.05) is 18.2 Å². The molecule has 0 aliphatic heterocycles. The molecule has 0 fully saturated rings. The molecule has 0 bridgehead atoms. The molecule has 0 aromatic heterocycles. The van der Waals surface area contributed by atoms with Crippen molar-refractivity contribution in [1.29, 1.82) is 0 Å². The van der Waals surface area contributed by atoms with Crippen molar-refractivity contribution in [2.24, 2.45) is 0 Å². The highest BCUT2D eigenvalue weighted by atomic mass is 35.5. The first-order valence-electron chi connectivity index (χ1n) is 10.5. The maximum absolute atomic E-state index is 12.0. The van der Waals surface area contributed by atoms with Gasteiger partial charge in [-0.15, -0.1) is 0 Å². The van der Waals surface area contributed by atoms with E-state index in [0.29, 0.717) is 12.1 Å². The number of thiocarbonyl (C=S) groups is 1. The van der Waals surface area contributed by atoms with E-state index in [9.17, 15) is 14.9 Å². The van der Waals surface area contributed by atoms with Gasteiger partial charge in [0.15, 0.2) is 5.11 Å². The lowest BCUT2D eigenvalue weighted by atomic mass is 10.1. The number of nitro benzene ring substituents is 1. The summed E-state index contributed by atoms with van der Waals surface area (Å²) in [6.07, 6.45) is 13.9. The zero-order valence-electron chi connectivity index (χ0n) is 17.2. The monoisotopic (exact) mass is 441 g/mol. The number of nitro groups is 1. The standard InChI is InChI=1S/C21H32ClN3O3S/c1-2-3-4-5-6-7-8-9-10-11-12-13-20(26)24-21(29)23-17-14-15-18(22)19(16-17)25(27)28/h14-16H,2-13H2,1H3,(H2,23,24,26,29). The third kappa shape index (κ3) is 11.8. The Bertz CT molecular complexity index is 671. The van der Waals surface area contributed by atoms with Crippen molar-refractivity contribution in [1.82, 2.24) is 5.32 Å². The summed E-state index contributed by atoms with van der Waals surface area (Å²) >= 11 is 10.9. The number of rotatable bonds is 14. The number of nitrogens with zero attached hydrogens (tertiary/aromatic N) is 1. The van der Waals surface area contributed by atoms with E-state index in [0.717, 1.165) is 19.3 Å². The maximum Gasteiger partial charge on any atom is 0.289 e. The molecule has 162 valence electrons. The summed E-state index contributed by atoms with van der Waals surface area (Å²) in [5, 5.41) is 16.5. The Morgan fingerprint density at radius 1 is 1.03 bits per heavy atom. The minimum Gasteiger partial charge on any atom is -0.332 e. The third-order valence-electron chi connectivity index (χ3n) is 4.66. The van der Waals surface area contributed by atoms with E-state index in [4.69, 9.17) is 23.8 Å². The highest BCUT2D eigenvalue weighted by molar-refractivity contribution is 7.80. The summed E-state index contributed by atoms with van der Waals surface area (Å²) in [6, 6.07) is 4.26. The quantitative estimate of drug-likeness (QED) is 0.144. The second-order valence-electron chi connectivity index (χ2n) is 7.21. The van der Waals surface area contributed by atoms with Crippen LogP contribution in [0.4, 0.5) is 11.4 Å². The fraction of sp³-hybridized carbons (Fsp3) is 0.619. The second-order valence-corrected chi connectivity index (χ2v) is 8.03. The van der Waals surface area contributed by atoms with Gasteiger partial charge < -0.3 is 10.6 Å². The van der Waals surface area contributed by atoms with Crippen LogP contribution in [0, 0.1) is 10.1 Å². The highest BCUT2D eigenvalue weighted by Gasteiger charge is 2.13. The molecule has 0 aliphatic carbocycles. The summed E-state index contributed by atoms with van der Waals surface area (Å²) in [6.45, 7) is 2.23. The van der Waals surface area contributed by atoms with E-state index in [1.165, 1.54) is 63.5 Å². The van der Waals surface area contributed by atoms with E-state index in [2.05, 4.69) is 17.6 Å². The number of halogens is 1. The predicted molar refractivity (Wildman–Crippen MR) is 124 cm³/mol. The average Bonchev–Trinajstić information content (AvgIpc) is 2.67. The fourth-order valence-corrected chi connectivity index (χ4v) is 3.45. The maximum atomic E-state index is 12.0. The van der Waals surface area contributed by atoms with Crippen molar-refractivity contribution < 1.29 is 9.72 Å². The van der Waals surface area contributed by atoms with Crippen LogP contribution >= 0.6 is 23.8 Å². The lowest BCUT2D eigenvalue weighted by Crippen LogP contribution is -2.33. The molecule has 2 N–H and O–H groups in total. The zero-order valence-corrected chi connectivity index (χ0v) is 18.7. The van der Waals surface area contributed by atoms with Gasteiger partial charge in [-0.1, -0.05) is 82.7 Å². The Morgan fingerprint density at radius 3 is 2.14 bits per heavy atom. The van der Waals surface area contributed by atoms with Crippen LogP contribution in [-0.2, 0) is 4.79 Å². The number of anilines is 1. The van der Waals surface area contributed by atoms with E-state index < -0.39 is 4.92 Å². The average molecular weight is 442 g/mol. The molecule has 0 atom stereocenters. The zero-order chi connectivity index (χ0) is 21.5. The number of benzene rings is 1. The topological polar surface area (TPSA) is 84.3 Å². The minimum atomic E-state index is -0.568. The Balaban J connectivity index is 2.12. The summed E-state index contributed by atoms with van der Waals surface area (Å²) in [5.74, 6) is -0.151. The van der Waals surface area contributed by atoms with E-state index >= 15 is 0 Å². The molecule has 0 saturated heterocycles. The van der Waals surface area contributed by atoms with Crippen molar-refractivity contribution in [2.75, 3.05) is 5.32 Å². The lowest BCUT2D eigenvalue weighted by Gasteiger charge is -2.10. The summed E-state index contributed by atoms with van der Waals surface area (Å²) in [5.41, 5.74) is 0.188. The van der Waals surface area contributed by atoms with Gasteiger partial charge >= 0.3 is 0 Å². The number of hydrogen-bond donors (Lipinski definition) is 2. The first kappa shape index (κ1) is 25.3. The first-order valence-corrected chi connectivity index (χ1v) is 11.3. The molecule has 0 heterocycles. The molecule has 0 unspecified atom stereocenters. The largest absolute Gasteiger partial charge is 0.332 e. The summed E-state index contributed by atoms with van der Waals surface area (Å²) < 4.78 is 0. The molecule has 1 amide bonds. The molecule has 1 aromatic carbocycles. The normalized spacial score (nSPS) is 10.6. The van der Waals surface area contributed by atoms with Crippen molar-refractivity contribution in [2.45, 2.75) is 84.0 Å². The van der Waals surface area contributed by atoms with Crippen LogP contribution in [-0.4, -0.2) is 15.9 Å². The SMILES string of the molecule is CCCCCCCCCCCCCC(=O)NC(=S)Nc1ccc(Cl)c([N+](=O)[O-])c1. The molecule has 6 nitrogen and oxygen atoms in total. The molecule has 1 aromatic rings. The Labute approximate surface area is 183 Å². The smallest absolute Gasteiger partial charge is 0.289 e. The number of carbonyl (C=O) groups excluding carboxylic acids is 1. The minimum absolute atomic E-state index is 0.0481. The Morgan fingerprint density at radius 2 is 1.59 bits per heavy atom. The number of carbonyl (C=O) groups is 1. The second kappa shape index (κ2) is 15.2. The first-order chi connectivity index (χ1) is 13.9. The van der Waals surface area contributed by atoms with Crippen LogP contribution in [0.15, 0.2) is 18.2 Å². The van der Waals surface area contributed by atoms with Crippen molar-refractivity contribution in [3.8, 4) is 0 Å². The molecule has 1 rings (SSSR count). The van der Waals surface area contributed by atoms with Crippen LogP contribution in [0.3, 0.4) is 0 Å². The third-order valence-corrected chi connectivity index (χ3v) is 5.18. The molecule has 0 spiro atoms. The lowest BCUT2D eigenvalue weighted by molar-refractivity contribution is -0.384. The van der Waals surface area contributed by atoms with Crippen LogP contribution in [0.2, 0.25) is 5.02 Å². The Kier molecular flexibility index (Phi) is 13.2. The van der Waals surface area contributed by atoms with Gasteiger partial charge in [-0.2, -0.15) is 0 Å². The number of nitrogens with one attached hydrogen (secondary N) is 2. The number of hydrogen-bond acceptors (Lipinski definition) is 4. The van der Waals surface area contributed by atoms with E-state index in [1.54, 1.807) is 6.07 Å². The Hall–Kier alpha value is -1.73. The summed E-state index contributed by atoms with van der Waals surface area (Å²) in [7, 11) is 0. The van der Waals surface area contributed by atoms with Gasteiger partial charge in [-0.25, -0.2) is 0 Å². The van der Waals surface area contributed by atoms with Crippen LogP contribution in [0.1, 0.15) is 84.0 Å². The van der Waals surface area contributed by atoms with Crippen molar-refractivity contribution >= 4 is 46.2 Å². The molecule has 8 heteroatoms. The van der Waals surface area contributed by atoms with Gasteiger partial charge in [0.25, 0.3) is 5.69 Å². The van der Waals surface area contributed by atoms with Crippen molar-refractivity contribution in [3.63, 3.8) is 0 Å². The van der Waals surface area contributed by atoms with Gasteiger partial charge in [-0.3, -0.25) is 14.9 Å². The van der Waals surface area contributed by atoms with Crippen LogP contribution in [0.5, 0.6) is 0 Å². The van der Waals surface area contributed by atoms with Crippen LogP contribution < -0.4 is 10.6 Å². The number of amides is 1. The molecule has 0 aliphatic rings. The van der Waals surface area contributed by atoms with Crippen molar-refractivity contribution in [3.05, 3.63) is 33.3 Å². The summed E-state index contributed by atoms with van der Waals surface area (Å²) in [4.78, 5) is 22.3.